The van der Waals surface area contributed by atoms with E-state index in [-0.39, 0.29) is 5.54 Å². The van der Waals surface area contributed by atoms with E-state index < -0.39 is 0 Å². The summed E-state index contributed by atoms with van der Waals surface area (Å²) < 4.78 is 0. The number of hydrogen-bond donors (Lipinski definition) is 1. The number of rotatable bonds is 0. The minimum absolute atomic E-state index is 0.258. The Kier molecular flexibility index (Phi) is 1.75. The summed E-state index contributed by atoms with van der Waals surface area (Å²) in [5.41, 5.74) is 6.00. The van der Waals surface area contributed by atoms with Crippen molar-refractivity contribution in [1.29, 1.82) is 0 Å². The van der Waals surface area contributed by atoms with E-state index in [0.717, 1.165) is 11.8 Å². The molecule has 0 aromatic carbocycles. The third-order valence-electron chi connectivity index (χ3n) is 2.89. The molecular formula is C8H15N3S. The maximum Gasteiger partial charge on any atom is 0.191 e. The zero-order valence-corrected chi connectivity index (χ0v) is 8.40. The Morgan fingerprint density at radius 1 is 1.75 bits per heavy atom. The van der Waals surface area contributed by atoms with Gasteiger partial charge in [-0.2, -0.15) is 11.8 Å². The molecule has 2 unspecified atom stereocenters. The molecule has 0 radical (unpaired) electrons. The van der Waals surface area contributed by atoms with Crippen molar-refractivity contribution in [3.63, 3.8) is 0 Å². The van der Waals surface area contributed by atoms with Gasteiger partial charge >= 0.3 is 0 Å². The minimum Gasteiger partial charge on any atom is -0.370 e. The second-order valence-electron chi connectivity index (χ2n) is 3.78. The number of aliphatic imine (C=N–C) groups is 1. The first kappa shape index (κ1) is 8.23. The average Bonchev–Trinajstić information content (AvgIpc) is 2.53. The van der Waals surface area contributed by atoms with Gasteiger partial charge in [-0.25, -0.2) is 0 Å². The van der Waals surface area contributed by atoms with Gasteiger partial charge in [0.2, 0.25) is 0 Å². The lowest BCUT2D eigenvalue weighted by molar-refractivity contribution is 0.262. The summed E-state index contributed by atoms with van der Waals surface area (Å²) in [6.45, 7) is 3.18. The average molecular weight is 185 g/mol. The molecule has 4 heteroatoms. The van der Waals surface area contributed by atoms with Crippen molar-refractivity contribution in [1.82, 2.24) is 4.90 Å². The lowest BCUT2D eigenvalue weighted by atomic mass is 9.96. The van der Waals surface area contributed by atoms with Crippen LogP contribution in [0.25, 0.3) is 0 Å². The molecule has 2 N–H and O–H groups in total. The Morgan fingerprint density at radius 2 is 2.50 bits per heavy atom. The van der Waals surface area contributed by atoms with Gasteiger partial charge in [0.15, 0.2) is 5.96 Å². The normalized spacial score (nSPS) is 41.0. The van der Waals surface area contributed by atoms with Gasteiger partial charge in [-0.15, -0.1) is 0 Å². The summed E-state index contributed by atoms with van der Waals surface area (Å²) in [6, 6.07) is 0. The number of thioether (sulfide) groups is 1. The maximum absolute atomic E-state index is 5.74. The molecule has 3 nitrogen and oxygen atoms in total. The van der Waals surface area contributed by atoms with Crippen LogP contribution in [-0.4, -0.2) is 41.0 Å². The first-order valence-corrected chi connectivity index (χ1v) is 5.34. The summed E-state index contributed by atoms with van der Waals surface area (Å²) >= 11 is 2.03. The van der Waals surface area contributed by atoms with Crippen LogP contribution < -0.4 is 5.73 Å². The summed E-state index contributed by atoms with van der Waals surface area (Å²) in [5, 5.41) is 0.758. The number of likely N-dealkylation sites (N-methyl/N-ethyl adjacent to an activating group) is 1. The van der Waals surface area contributed by atoms with E-state index in [1.807, 2.05) is 11.8 Å². The van der Waals surface area contributed by atoms with Gasteiger partial charge in [-0.1, -0.05) is 6.92 Å². The third kappa shape index (κ3) is 1.01. The maximum atomic E-state index is 5.74. The van der Waals surface area contributed by atoms with Gasteiger partial charge in [-0.05, 0) is 6.42 Å². The fourth-order valence-corrected chi connectivity index (χ4v) is 3.40. The van der Waals surface area contributed by atoms with Crippen LogP contribution in [0.3, 0.4) is 0 Å². The molecule has 2 aliphatic rings. The molecule has 2 rings (SSSR count). The molecule has 2 atom stereocenters. The fraction of sp³-hybridized carbons (Fsp3) is 0.875. The quantitative estimate of drug-likeness (QED) is 0.598. The van der Waals surface area contributed by atoms with Crippen molar-refractivity contribution in [3.05, 3.63) is 0 Å². The van der Waals surface area contributed by atoms with Crippen LogP contribution in [0.1, 0.15) is 13.3 Å². The molecule has 0 bridgehead atoms. The lowest BCUT2D eigenvalue weighted by Crippen LogP contribution is -2.49. The topological polar surface area (TPSA) is 41.6 Å². The first-order chi connectivity index (χ1) is 5.64. The van der Waals surface area contributed by atoms with Gasteiger partial charge in [0.05, 0.1) is 12.1 Å². The highest BCUT2D eigenvalue weighted by atomic mass is 32.2. The summed E-state index contributed by atoms with van der Waals surface area (Å²) in [4.78, 5) is 6.45. The number of guanidine groups is 1. The highest BCUT2D eigenvalue weighted by molar-refractivity contribution is 8.00. The Hall–Kier alpha value is -0.380. The highest BCUT2D eigenvalue weighted by Crippen LogP contribution is 2.40. The van der Waals surface area contributed by atoms with Crippen LogP contribution in [-0.2, 0) is 0 Å². The van der Waals surface area contributed by atoms with Crippen LogP contribution in [0.5, 0.6) is 0 Å². The molecule has 0 aliphatic carbocycles. The second-order valence-corrected chi connectivity index (χ2v) is 5.21. The minimum atomic E-state index is 0.258. The van der Waals surface area contributed by atoms with Crippen molar-refractivity contribution in [2.45, 2.75) is 24.1 Å². The molecule has 2 heterocycles. The predicted octanol–water partition coefficient (Wildman–Crippen LogP) is 0.511. The van der Waals surface area contributed by atoms with E-state index in [0.29, 0.717) is 5.96 Å². The second kappa shape index (κ2) is 2.55. The van der Waals surface area contributed by atoms with E-state index >= 15 is 0 Å². The monoisotopic (exact) mass is 185 g/mol. The lowest BCUT2D eigenvalue weighted by Gasteiger charge is -2.32. The molecule has 0 saturated carbocycles. The molecule has 12 heavy (non-hydrogen) atoms. The van der Waals surface area contributed by atoms with E-state index in [4.69, 9.17) is 5.73 Å². The van der Waals surface area contributed by atoms with Crippen molar-refractivity contribution >= 4 is 17.7 Å². The standard InChI is InChI=1S/C8H15N3S/c1-6-3-8(5-12-6)4-10-7(9)11(8)2/h6H,3-5H2,1-2H3,(H2,9,10). The van der Waals surface area contributed by atoms with Gasteiger partial charge < -0.3 is 10.6 Å². The van der Waals surface area contributed by atoms with Crippen LogP contribution in [0.2, 0.25) is 0 Å². The molecule has 0 aromatic heterocycles. The van der Waals surface area contributed by atoms with Crippen molar-refractivity contribution < 1.29 is 0 Å². The molecule has 68 valence electrons. The van der Waals surface area contributed by atoms with Crippen LogP contribution in [0.4, 0.5) is 0 Å². The van der Waals surface area contributed by atoms with Crippen LogP contribution >= 0.6 is 11.8 Å². The van der Waals surface area contributed by atoms with E-state index in [1.165, 1.54) is 12.2 Å². The fourth-order valence-electron chi connectivity index (χ4n) is 1.98. The zero-order chi connectivity index (χ0) is 8.77. The van der Waals surface area contributed by atoms with Crippen molar-refractivity contribution in [2.24, 2.45) is 10.7 Å². The van der Waals surface area contributed by atoms with Gasteiger partial charge in [0.1, 0.15) is 0 Å². The summed E-state index contributed by atoms with van der Waals surface area (Å²) in [6.07, 6.45) is 1.22. The van der Waals surface area contributed by atoms with E-state index in [2.05, 4.69) is 23.9 Å². The molecule has 1 spiro atoms. The molecule has 2 aliphatic heterocycles. The Labute approximate surface area is 77.4 Å². The molecular weight excluding hydrogens is 170 g/mol. The molecule has 1 fully saturated rings. The Morgan fingerprint density at radius 3 is 2.92 bits per heavy atom. The largest absolute Gasteiger partial charge is 0.370 e. The van der Waals surface area contributed by atoms with Crippen LogP contribution in [0, 0.1) is 0 Å². The van der Waals surface area contributed by atoms with E-state index in [9.17, 15) is 0 Å². The first-order valence-electron chi connectivity index (χ1n) is 4.29. The Balaban J connectivity index is 2.15. The summed E-state index contributed by atoms with van der Waals surface area (Å²) in [5.74, 6) is 1.89. The van der Waals surface area contributed by atoms with E-state index in [1.54, 1.807) is 0 Å². The number of nitrogens with two attached hydrogens (primary N) is 1. The van der Waals surface area contributed by atoms with Gasteiger partial charge in [-0.3, -0.25) is 4.99 Å². The molecule has 1 saturated heterocycles. The summed E-state index contributed by atoms with van der Waals surface area (Å²) in [7, 11) is 2.06. The smallest absolute Gasteiger partial charge is 0.191 e. The molecule has 0 amide bonds. The predicted molar refractivity (Wildman–Crippen MR) is 53.5 cm³/mol. The van der Waals surface area contributed by atoms with Crippen LogP contribution in [0.15, 0.2) is 4.99 Å². The number of hydrogen-bond acceptors (Lipinski definition) is 4. The van der Waals surface area contributed by atoms with Crippen molar-refractivity contribution in [2.75, 3.05) is 19.3 Å². The highest BCUT2D eigenvalue weighted by Gasteiger charge is 2.45. The zero-order valence-electron chi connectivity index (χ0n) is 7.58. The van der Waals surface area contributed by atoms with Gasteiger partial charge in [0, 0.05) is 18.1 Å². The third-order valence-corrected chi connectivity index (χ3v) is 4.33. The van der Waals surface area contributed by atoms with Crippen molar-refractivity contribution in [3.8, 4) is 0 Å². The van der Waals surface area contributed by atoms with Gasteiger partial charge in [0.25, 0.3) is 0 Å². The molecule has 0 aromatic rings. The number of nitrogens with zero attached hydrogens (tertiary/aromatic N) is 2. The SMILES string of the molecule is CC1CC2(CN=C(N)N2C)CS1. The Bertz CT molecular complexity index is 228.